The molecule has 1 fully saturated rings. The first-order valence-electron chi connectivity index (χ1n) is 10.5. The molecule has 0 spiro atoms. The number of para-hydroxylation sites is 1. The number of halogens is 1. The van der Waals surface area contributed by atoms with Crippen LogP contribution in [-0.2, 0) is 0 Å². The number of rotatable bonds is 4. The van der Waals surface area contributed by atoms with E-state index in [9.17, 15) is 9.18 Å². The first-order chi connectivity index (χ1) is 14.2. The second-order valence-electron chi connectivity index (χ2n) is 8.09. The summed E-state index contributed by atoms with van der Waals surface area (Å²) in [6.45, 7) is 4.57. The Hall–Kier alpha value is -2.05. The standard InChI is InChI=1S/C23H26FN3OS/c24-19-7-2-1-5-17(19)23(28)25-10-13-26-12-9-20-18(15-26)16-6-3-8-21-22(16)27(20)11-4-14-29-21/h1-3,5-8,18,20H,4,9-15H2,(H,25,28)/t18-,20-/m1/s1. The highest BCUT2D eigenvalue weighted by atomic mass is 32.2. The Morgan fingerprint density at radius 3 is 2.97 bits per heavy atom. The van der Waals surface area contributed by atoms with Crippen molar-refractivity contribution < 1.29 is 9.18 Å². The van der Waals surface area contributed by atoms with E-state index in [4.69, 9.17) is 0 Å². The molecule has 2 atom stereocenters. The Balaban J connectivity index is 1.23. The van der Waals surface area contributed by atoms with E-state index in [0.717, 1.165) is 32.6 Å². The van der Waals surface area contributed by atoms with E-state index in [0.29, 0.717) is 18.5 Å². The van der Waals surface area contributed by atoms with Crippen LogP contribution < -0.4 is 10.2 Å². The van der Waals surface area contributed by atoms with E-state index in [-0.39, 0.29) is 11.5 Å². The van der Waals surface area contributed by atoms with Gasteiger partial charge in [0.1, 0.15) is 5.82 Å². The molecule has 0 unspecified atom stereocenters. The number of carbonyl (C=O) groups is 1. The Bertz CT molecular complexity index is 921. The zero-order valence-corrected chi connectivity index (χ0v) is 17.3. The Morgan fingerprint density at radius 1 is 1.17 bits per heavy atom. The molecule has 3 aliphatic rings. The molecule has 0 saturated carbocycles. The molecule has 0 bridgehead atoms. The van der Waals surface area contributed by atoms with Crippen LogP contribution in [-0.4, -0.2) is 55.3 Å². The number of likely N-dealkylation sites (tertiary alicyclic amines) is 1. The summed E-state index contributed by atoms with van der Waals surface area (Å²) in [5, 5.41) is 2.88. The molecule has 29 heavy (non-hydrogen) atoms. The van der Waals surface area contributed by atoms with Gasteiger partial charge in [-0.05, 0) is 42.4 Å². The number of fused-ring (bicyclic) bond motifs is 3. The number of hydrogen-bond acceptors (Lipinski definition) is 4. The van der Waals surface area contributed by atoms with Gasteiger partial charge in [-0.3, -0.25) is 4.79 Å². The van der Waals surface area contributed by atoms with Gasteiger partial charge in [-0.15, -0.1) is 11.8 Å². The first kappa shape index (κ1) is 18.9. The molecule has 152 valence electrons. The van der Waals surface area contributed by atoms with Crippen LogP contribution in [0.5, 0.6) is 0 Å². The minimum atomic E-state index is -0.469. The minimum Gasteiger partial charge on any atom is -0.367 e. The quantitative estimate of drug-likeness (QED) is 0.832. The van der Waals surface area contributed by atoms with Crippen molar-refractivity contribution in [1.29, 1.82) is 0 Å². The normalized spacial score (nSPS) is 23.3. The smallest absolute Gasteiger partial charge is 0.254 e. The number of nitrogens with one attached hydrogen (secondary N) is 1. The lowest BCUT2D eigenvalue weighted by molar-refractivity contribution is 0.0940. The molecule has 3 aliphatic heterocycles. The van der Waals surface area contributed by atoms with Crippen LogP contribution in [0.15, 0.2) is 47.4 Å². The number of benzene rings is 2. The lowest BCUT2D eigenvalue weighted by atomic mass is 9.89. The van der Waals surface area contributed by atoms with Crippen molar-refractivity contribution in [2.45, 2.75) is 29.7 Å². The van der Waals surface area contributed by atoms with Gasteiger partial charge in [-0.25, -0.2) is 4.39 Å². The number of hydrogen-bond donors (Lipinski definition) is 1. The highest BCUT2D eigenvalue weighted by molar-refractivity contribution is 7.99. The van der Waals surface area contributed by atoms with Gasteiger partial charge >= 0.3 is 0 Å². The second-order valence-corrected chi connectivity index (χ2v) is 9.23. The molecule has 2 aromatic carbocycles. The number of carbonyl (C=O) groups excluding carboxylic acids is 1. The zero-order valence-electron chi connectivity index (χ0n) is 16.4. The summed E-state index contributed by atoms with van der Waals surface area (Å²) in [6, 6.07) is 13.5. The van der Waals surface area contributed by atoms with Crippen molar-refractivity contribution in [2.75, 3.05) is 43.4 Å². The van der Waals surface area contributed by atoms with E-state index in [2.05, 4.69) is 33.3 Å². The van der Waals surface area contributed by atoms with Crippen LogP contribution >= 0.6 is 11.8 Å². The van der Waals surface area contributed by atoms with Gasteiger partial charge in [0, 0.05) is 49.6 Å². The van der Waals surface area contributed by atoms with Crippen molar-refractivity contribution >= 4 is 23.4 Å². The molecule has 4 nitrogen and oxygen atoms in total. The first-order valence-corrected chi connectivity index (χ1v) is 11.5. The van der Waals surface area contributed by atoms with Crippen LogP contribution in [0.2, 0.25) is 0 Å². The molecule has 3 heterocycles. The Kier molecular flexibility index (Phi) is 5.22. The number of anilines is 1. The van der Waals surface area contributed by atoms with E-state index >= 15 is 0 Å². The predicted octanol–water partition coefficient (Wildman–Crippen LogP) is 3.73. The number of nitrogens with zero attached hydrogens (tertiary/aromatic N) is 2. The Labute approximate surface area is 175 Å². The highest BCUT2D eigenvalue weighted by Gasteiger charge is 2.43. The van der Waals surface area contributed by atoms with Gasteiger partial charge in [-0.1, -0.05) is 24.3 Å². The molecule has 2 aromatic rings. The molecular weight excluding hydrogens is 385 g/mol. The fourth-order valence-corrected chi connectivity index (χ4v) is 6.12. The van der Waals surface area contributed by atoms with Gasteiger partial charge < -0.3 is 15.1 Å². The molecule has 5 rings (SSSR count). The van der Waals surface area contributed by atoms with E-state index in [1.54, 1.807) is 12.1 Å². The predicted molar refractivity (Wildman–Crippen MR) is 115 cm³/mol. The van der Waals surface area contributed by atoms with Crippen molar-refractivity contribution in [2.24, 2.45) is 0 Å². The summed E-state index contributed by atoms with van der Waals surface area (Å²) in [5.41, 5.74) is 3.10. The summed E-state index contributed by atoms with van der Waals surface area (Å²) in [5.74, 6) is 0.945. The number of thioether (sulfide) groups is 1. The zero-order chi connectivity index (χ0) is 19.8. The maximum absolute atomic E-state index is 13.8. The molecule has 6 heteroatoms. The van der Waals surface area contributed by atoms with Crippen molar-refractivity contribution in [1.82, 2.24) is 10.2 Å². The summed E-state index contributed by atoms with van der Waals surface area (Å²) in [6.07, 6.45) is 2.40. The summed E-state index contributed by atoms with van der Waals surface area (Å²) >= 11 is 2.00. The fraction of sp³-hybridized carbons (Fsp3) is 0.435. The SMILES string of the molecule is O=C(NCCN1CC[C@@H]2[C@H](C1)c1cccc3c1N2CCCS3)c1ccccc1F. The van der Waals surface area contributed by atoms with Crippen molar-refractivity contribution in [3.63, 3.8) is 0 Å². The number of amides is 1. The molecule has 0 radical (unpaired) electrons. The summed E-state index contributed by atoms with van der Waals surface area (Å²) < 4.78 is 13.8. The molecule has 0 aliphatic carbocycles. The molecule has 1 saturated heterocycles. The van der Waals surface area contributed by atoms with Gasteiger partial charge in [0.15, 0.2) is 0 Å². The average Bonchev–Trinajstić information content (AvgIpc) is 2.89. The van der Waals surface area contributed by atoms with E-state index < -0.39 is 5.82 Å². The topological polar surface area (TPSA) is 35.6 Å². The fourth-order valence-electron chi connectivity index (χ4n) is 5.08. The minimum absolute atomic E-state index is 0.117. The Morgan fingerprint density at radius 2 is 2.07 bits per heavy atom. The molecule has 0 aromatic heterocycles. The molecular formula is C23H26FN3OS. The van der Waals surface area contributed by atoms with Gasteiger partial charge in [-0.2, -0.15) is 0 Å². The lowest BCUT2D eigenvalue weighted by Crippen LogP contribution is -2.48. The van der Waals surface area contributed by atoms with Crippen LogP contribution in [0.1, 0.15) is 34.7 Å². The van der Waals surface area contributed by atoms with E-state index in [1.807, 2.05) is 11.8 Å². The van der Waals surface area contributed by atoms with Gasteiger partial charge in [0.25, 0.3) is 5.91 Å². The van der Waals surface area contributed by atoms with Crippen LogP contribution in [0.3, 0.4) is 0 Å². The summed E-state index contributed by atoms with van der Waals surface area (Å²) in [4.78, 5) is 18.8. The van der Waals surface area contributed by atoms with E-state index in [1.165, 1.54) is 40.5 Å². The maximum atomic E-state index is 13.8. The monoisotopic (exact) mass is 411 g/mol. The summed E-state index contributed by atoms with van der Waals surface area (Å²) in [7, 11) is 0. The third kappa shape index (κ3) is 3.53. The highest BCUT2D eigenvalue weighted by Crippen LogP contribution is 2.50. The largest absolute Gasteiger partial charge is 0.367 e. The van der Waals surface area contributed by atoms with Crippen molar-refractivity contribution in [3.8, 4) is 0 Å². The third-order valence-electron chi connectivity index (χ3n) is 6.41. The molecule has 1 amide bonds. The van der Waals surface area contributed by atoms with Crippen LogP contribution in [0.4, 0.5) is 10.1 Å². The number of piperidine rings is 1. The third-order valence-corrected chi connectivity index (χ3v) is 7.54. The second kappa shape index (κ2) is 8.00. The van der Waals surface area contributed by atoms with Crippen LogP contribution in [0, 0.1) is 5.82 Å². The van der Waals surface area contributed by atoms with Gasteiger partial charge in [0.2, 0.25) is 0 Å². The average molecular weight is 412 g/mol. The maximum Gasteiger partial charge on any atom is 0.254 e. The molecule has 1 N–H and O–H groups in total. The van der Waals surface area contributed by atoms with Crippen molar-refractivity contribution in [3.05, 3.63) is 59.4 Å². The lowest BCUT2D eigenvalue weighted by Gasteiger charge is -2.39. The van der Waals surface area contributed by atoms with Crippen LogP contribution in [0.25, 0.3) is 0 Å². The van der Waals surface area contributed by atoms with Gasteiger partial charge in [0.05, 0.1) is 11.3 Å².